The Morgan fingerprint density at radius 1 is 0.622 bits per heavy atom. The monoisotopic (exact) mass is 656 g/mol. The molecule has 230 valence electrons. The molecule has 0 saturated heterocycles. The molecule has 0 aliphatic heterocycles. The number of hydrogen-bond donors (Lipinski definition) is 0. The summed E-state index contributed by atoms with van der Waals surface area (Å²) >= 11 is 5.07. The molecule has 6 heterocycles. The van der Waals surface area contributed by atoms with Gasteiger partial charge in [-0.1, -0.05) is 18.2 Å². The normalized spacial score (nSPS) is 12.8. The van der Waals surface area contributed by atoms with Crippen LogP contribution in [0.25, 0.3) is 36.5 Å². The molecule has 0 aliphatic rings. The molecule has 0 radical (unpaired) electrons. The highest BCUT2D eigenvalue weighted by Crippen LogP contribution is 2.15. The predicted molar refractivity (Wildman–Crippen MR) is 183 cm³/mol. The molecule has 0 amide bonds. The highest BCUT2D eigenvalue weighted by Gasteiger charge is 2.12. The van der Waals surface area contributed by atoms with E-state index in [1.165, 1.54) is 14.6 Å². The van der Waals surface area contributed by atoms with Crippen LogP contribution in [0.5, 0.6) is 0 Å². The summed E-state index contributed by atoms with van der Waals surface area (Å²) in [5, 5.41) is 19.8. The first kappa shape index (κ1) is 30.8. The van der Waals surface area contributed by atoms with Crippen molar-refractivity contribution < 1.29 is 14.2 Å². The Bertz CT molecular complexity index is 1780. The summed E-state index contributed by atoms with van der Waals surface area (Å²) in [6.45, 7) is 1.48. The summed E-state index contributed by atoms with van der Waals surface area (Å²) in [5.41, 5.74) is 2.69. The Morgan fingerprint density at radius 3 is 1.76 bits per heavy atom. The van der Waals surface area contributed by atoms with Gasteiger partial charge in [-0.2, -0.15) is 15.3 Å². The summed E-state index contributed by atoms with van der Waals surface area (Å²) in [6.07, 6.45) is 17.4. The summed E-state index contributed by atoms with van der Waals surface area (Å²) in [7, 11) is 0. The molecule has 0 N–H and O–H groups in total. The van der Waals surface area contributed by atoms with Crippen LogP contribution in [0.15, 0.2) is 89.3 Å². The van der Waals surface area contributed by atoms with E-state index in [9.17, 15) is 0 Å². The number of thiophene rings is 3. The van der Waals surface area contributed by atoms with Gasteiger partial charge in [-0.15, -0.1) is 34.0 Å². The minimum Gasteiger partial charge on any atom is -0.356 e. The van der Waals surface area contributed by atoms with E-state index < -0.39 is 0 Å². The fourth-order valence-corrected chi connectivity index (χ4v) is 6.06. The molecular formula is C33H32N6O3S3. The van der Waals surface area contributed by atoms with Crippen LogP contribution in [-0.2, 0) is 34.4 Å². The van der Waals surface area contributed by atoms with E-state index in [1.54, 1.807) is 49.6 Å². The van der Waals surface area contributed by atoms with Crippen molar-refractivity contribution in [3.05, 3.63) is 121 Å². The number of rotatable bonds is 17. The molecule has 0 bridgehead atoms. The zero-order chi connectivity index (χ0) is 30.5. The third-order valence-corrected chi connectivity index (χ3v) is 8.96. The van der Waals surface area contributed by atoms with Crippen LogP contribution in [0.4, 0.5) is 0 Å². The van der Waals surface area contributed by atoms with Gasteiger partial charge in [-0.25, -0.2) is 14.0 Å². The van der Waals surface area contributed by atoms with Crippen LogP contribution in [0.3, 0.4) is 0 Å². The molecule has 6 rings (SSSR count). The third-order valence-electron chi connectivity index (χ3n) is 6.44. The fourth-order valence-electron chi connectivity index (χ4n) is 4.20. The molecule has 0 aliphatic carbocycles. The lowest BCUT2D eigenvalue weighted by atomic mass is 10.3. The molecule has 1 atom stereocenters. The largest absolute Gasteiger partial charge is 0.356 e. The van der Waals surface area contributed by atoms with Crippen LogP contribution in [0, 0.1) is 0 Å². The van der Waals surface area contributed by atoms with Gasteiger partial charge in [-0.05, 0) is 89.0 Å². The number of nitrogens with zero attached hydrogens (tertiary/aromatic N) is 6. The summed E-state index contributed by atoms with van der Waals surface area (Å²) in [5.74, 6) is 0. The minimum atomic E-state index is -0.339. The van der Waals surface area contributed by atoms with Crippen molar-refractivity contribution in [3.8, 4) is 0 Å². The molecule has 6 aromatic heterocycles. The lowest BCUT2D eigenvalue weighted by molar-refractivity contribution is -0.104. The second kappa shape index (κ2) is 16.2. The SMILES string of the molecule is C(=C\c1cccs1)/c1ccn(COCC(COCn2nccc2/C=C/c2cccs2)OCn2ccc(/C=C/c3cccs3)n2)n1. The van der Waals surface area contributed by atoms with E-state index in [0.29, 0.717) is 19.9 Å². The topological polar surface area (TPSA) is 81.1 Å². The van der Waals surface area contributed by atoms with Gasteiger partial charge in [0.05, 0.1) is 30.3 Å². The first-order valence-electron chi connectivity index (χ1n) is 14.3. The lowest BCUT2D eigenvalue weighted by Crippen LogP contribution is -2.28. The molecular weight excluding hydrogens is 625 g/mol. The van der Waals surface area contributed by atoms with Crippen LogP contribution in [0.2, 0.25) is 0 Å². The summed E-state index contributed by atoms with van der Waals surface area (Å²) in [6, 6.07) is 18.2. The maximum atomic E-state index is 6.21. The molecule has 45 heavy (non-hydrogen) atoms. The van der Waals surface area contributed by atoms with E-state index in [1.807, 2.05) is 71.7 Å². The Balaban J connectivity index is 1.03. The molecule has 0 fully saturated rings. The average Bonchev–Trinajstić information content (AvgIpc) is 3.89. The van der Waals surface area contributed by atoms with Crippen molar-refractivity contribution in [2.45, 2.75) is 26.3 Å². The van der Waals surface area contributed by atoms with E-state index in [-0.39, 0.29) is 19.6 Å². The molecule has 1 unspecified atom stereocenters. The van der Waals surface area contributed by atoms with Gasteiger partial charge in [0.2, 0.25) is 0 Å². The molecule has 9 nitrogen and oxygen atoms in total. The molecule has 0 aromatic carbocycles. The first-order chi connectivity index (χ1) is 22.3. The fraction of sp³-hybridized carbons (Fsp3) is 0.182. The Kier molecular flexibility index (Phi) is 11.1. The average molecular weight is 657 g/mol. The van der Waals surface area contributed by atoms with E-state index in [4.69, 9.17) is 14.2 Å². The van der Waals surface area contributed by atoms with Gasteiger partial charge in [0.15, 0.2) is 0 Å². The van der Waals surface area contributed by atoms with Crippen molar-refractivity contribution >= 4 is 70.5 Å². The Labute approximate surface area is 273 Å². The summed E-state index contributed by atoms with van der Waals surface area (Å²) in [4.78, 5) is 3.55. The maximum Gasteiger partial charge on any atom is 0.140 e. The van der Waals surface area contributed by atoms with Crippen LogP contribution in [0.1, 0.15) is 31.7 Å². The van der Waals surface area contributed by atoms with Crippen molar-refractivity contribution in [2.75, 3.05) is 13.2 Å². The van der Waals surface area contributed by atoms with E-state index in [2.05, 4.69) is 67.9 Å². The second-order valence-corrected chi connectivity index (χ2v) is 12.7. The lowest BCUT2D eigenvalue weighted by Gasteiger charge is -2.18. The van der Waals surface area contributed by atoms with E-state index >= 15 is 0 Å². The molecule has 6 aromatic rings. The van der Waals surface area contributed by atoms with Gasteiger partial charge in [0.1, 0.15) is 26.3 Å². The quantitative estimate of drug-likeness (QED) is 0.100. The van der Waals surface area contributed by atoms with E-state index in [0.717, 1.165) is 17.1 Å². The zero-order valence-corrected chi connectivity index (χ0v) is 26.8. The van der Waals surface area contributed by atoms with Crippen LogP contribution in [-0.4, -0.2) is 48.7 Å². The van der Waals surface area contributed by atoms with Crippen LogP contribution < -0.4 is 0 Å². The summed E-state index contributed by atoms with van der Waals surface area (Å²) < 4.78 is 23.6. The maximum absolute atomic E-state index is 6.21. The Hall–Kier alpha value is -4.17. The molecule has 12 heteroatoms. The number of ether oxygens (including phenoxy) is 3. The number of hydrogen-bond acceptors (Lipinski definition) is 9. The van der Waals surface area contributed by atoms with Crippen molar-refractivity contribution in [3.63, 3.8) is 0 Å². The van der Waals surface area contributed by atoms with Gasteiger partial charge in [-0.3, -0.25) is 0 Å². The number of aromatic nitrogens is 6. The minimum absolute atomic E-state index is 0.264. The Morgan fingerprint density at radius 2 is 1.18 bits per heavy atom. The van der Waals surface area contributed by atoms with Crippen molar-refractivity contribution in [1.82, 2.24) is 29.3 Å². The second-order valence-electron chi connectivity index (χ2n) is 9.78. The van der Waals surface area contributed by atoms with Gasteiger partial charge >= 0.3 is 0 Å². The van der Waals surface area contributed by atoms with Gasteiger partial charge < -0.3 is 14.2 Å². The van der Waals surface area contributed by atoms with Crippen molar-refractivity contribution in [2.24, 2.45) is 0 Å². The van der Waals surface area contributed by atoms with Crippen LogP contribution >= 0.6 is 34.0 Å². The highest BCUT2D eigenvalue weighted by atomic mass is 32.1. The molecule has 0 saturated carbocycles. The predicted octanol–water partition coefficient (Wildman–Crippen LogP) is 7.66. The van der Waals surface area contributed by atoms with Gasteiger partial charge in [0.25, 0.3) is 0 Å². The smallest absolute Gasteiger partial charge is 0.140 e. The standard InChI is InChI=1S/C33H32N6O3S3/c1-4-31(43-19-1)10-7-27-14-17-37(35-27)24-40-22-30(42-25-38-18-15-28(36-38)8-11-32-5-2-20-44-32)23-41-26-39-29(13-16-34-39)9-12-33-6-3-21-45-33/h1-21,30H,22-26H2/b10-7+,11-8+,12-9+. The molecule has 0 spiro atoms. The van der Waals surface area contributed by atoms with Gasteiger partial charge in [0, 0.05) is 33.2 Å². The van der Waals surface area contributed by atoms with Crippen molar-refractivity contribution in [1.29, 1.82) is 0 Å². The zero-order valence-electron chi connectivity index (χ0n) is 24.4. The third kappa shape index (κ3) is 9.66. The first-order valence-corrected chi connectivity index (χ1v) is 16.9. The highest BCUT2D eigenvalue weighted by molar-refractivity contribution is 7.11.